The summed E-state index contributed by atoms with van der Waals surface area (Å²) in [6.07, 6.45) is 2.22. The van der Waals surface area contributed by atoms with Crippen molar-refractivity contribution in [1.29, 1.82) is 0 Å². The van der Waals surface area contributed by atoms with E-state index in [1.807, 2.05) is 71.0 Å². The molecule has 1 unspecified atom stereocenters. The Balaban J connectivity index is 0.00000153. The zero-order chi connectivity index (χ0) is 60.9. The summed E-state index contributed by atoms with van der Waals surface area (Å²) in [6, 6.07) is 8.60. The lowest BCUT2D eigenvalue weighted by atomic mass is 9.99. The average Bonchev–Trinajstić information content (AvgIpc) is 3.88. The number of esters is 1. The second-order valence-electron chi connectivity index (χ2n) is 18.1. The SMILES string of the molecule is CC.CC.CCC.CCCN(CC(=O)NCC=O)C(=O)C(CC(N)=O)NC(=O)CN(C)CCN(C)CCN(C)CCNC(=O)CNC(=O)CCC(=O)O.CCc1c2c(nc3ccccc13)-c1cc(OC)c(COC(C)=O)c(=O)n1C2. The molecule has 4 rings (SSSR count). The van der Waals surface area contributed by atoms with Gasteiger partial charge in [-0.3, -0.25) is 48.1 Å². The highest BCUT2D eigenvalue weighted by molar-refractivity contribution is 5.94. The molecule has 24 nitrogen and oxygen atoms in total. The van der Waals surface area contributed by atoms with Crippen LogP contribution in [0.15, 0.2) is 35.1 Å². The van der Waals surface area contributed by atoms with Crippen molar-refractivity contribution in [3.63, 3.8) is 0 Å². The number of amides is 6. The molecule has 2 aromatic heterocycles. The molecule has 6 amide bonds. The fraction of sp³-hybridized carbons (Fsp3) is 0.589. The van der Waals surface area contributed by atoms with Crippen LogP contribution in [0.4, 0.5) is 0 Å². The third-order valence-corrected chi connectivity index (χ3v) is 11.6. The summed E-state index contributed by atoms with van der Waals surface area (Å²) in [6.45, 7) is 20.7. The van der Waals surface area contributed by atoms with E-state index in [2.05, 4.69) is 53.0 Å². The number of benzene rings is 1. The number of rotatable bonds is 30. The molecule has 1 atom stereocenters. The number of primary amides is 1. The molecule has 0 spiro atoms. The topological polar surface area (TPSA) is 314 Å². The van der Waals surface area contributed by atoms with Crippen LogP contribution < -0.4 is 37.3 Å². The Morgan fingerprint density at radius 2 is 1.41 bits per heavy atom. The maximum atomic E-state index is 13.1. The van der Waals surface area contributed by atoms with Gasteiger partial charge in [-0.2, -0.15) is 0 Å². The first-order chi connectivity index (χ1) is 38.1. The normalized spacial score (nSPS) is 11.1. The molecule has 1 aromatic carbocycles. The predicted octanol–water partition coefficient (Wildman–Crippen LogP) is 2.32. The van der Waals surface area contributed by atoms with Gasteiger partial charge in [0.1, 0.15) is 24.7 Å². The lowest BCUT2D eigenvalue weighted by Gasteiger charge is -2.27. The monoisotopic (exact) mass is 1130 g/mol. The van der Waals surface area contributed by atoms with Crippen LogP contribution in [0.1, 0.15) is 111 Å². The quantitative estimate of drug-likeness (QED) is 0.0322. The molecule has 24 heteroatoms. The number of carbonyl (C=O) groups excluding carboxylic acids is 8. The third-order valence-electron chi connectivity index (χ3n) is 11.6. The van der Waals surface area contributed by atoms with Crippen LogP contribution in [0.2, 0.25) is 0 Å². The number of carbonyl (C=O) groups is 9. The van der Waals surface area contributed by atoms with Crippen LogP contribution in [0, 0.1) is 0 Å². The Hall–Kier alpha value is -7.31. The van der Waals surface area contributed by atoms with E-state index in [1.54, 1.807) is 23.4 Å². The minimum absolute atomic E-state index is 0.0520. The predicted molar refractivity (Wildman–Crippen MR) is 308 cm³/mol. The Bertz CT molecular complexity index is 2520. The molecule has 0 saturated heterocycles. The molecule has 80 heavy (non-hydrogen) atoms. The maximum Gasteiger partial charge on any atom is 0.303 e. The summed E-state index contributed by atoms with van der Waals surface area (Å²) in [7, 11) is 7.06. The lowest BCUT2D eigenvalue weighted by Crippen LogP contribution is -2.54. The second kappa shape index (κ2) is 40.8. The first kappa shape index (κ1) is 72.7. The van der Waals surface area contributed by atoms with Crippen molar-refractivity contribution in [3.05, 3.63) is 57.4 Å². The first-order valence-corrected chi connectivity index (χ1v) is 27.4. The van der Waals surface area contributed by atoms with Gasteiger partial charge in [-0.15, -0.1) is 0 Å². The number of hydrogen-bond donors (Lipinski definition) is 6. The Kier molecular flexibility index (Phi) is 37.1. The van der Waals surface area contributed by atoms with Crippen LogP contribution in [0.25, 0.3) is 22.3 Å². The van der Waals surface area contributed by atoms with Gasteiger partial charge in [-0.1, -0.05) is 80.0 Å². The number of likely N-dealkylation sites (N-methyl/N-ethyl adjacent to an activating group) is 3. The van der Waals surface area contributed by atoms with E-state index in [0.29, 0.717) is 69.8 Å². The van der Waals surface area contributed by atoms with Gasteiger partial charge in [0.2, 0.25) is 35.4 Å². The molecule has 448 valence electrons. The highest BCUT2D eigenvalue weighted by atomic mass is 16.5. The minimum atomic E-state index is -1.24. The molecule has 0 aliphatic carbocycles. The third kappa shape index (κ3) is 26.6. The summed E-state index contributed by atoms with van der Waals surface area (Å²) in [5, 5.41) is 19.7. The molecule has 7 N–H and O–H groups in total. The van der Waals surface area contributed by atoms with E-state index < -0.39 is 53.9 Å². The molecule has 0 radical (unpaired) electrons. The van der Waals surface area contributed by atoms with E-state index in [-0.39, 0.29) is 63.6 Å². The molecular formula is C56H91N11O13. The van der Waals surface area contributed by atoms with Crippen molar-refractivity contribution >= 4 is 64.6 Å². The first-order valence-electron chi connectivity index (χ1n) is 27.4. The van der Waals surface area contributed by atoms with Crippen molar-refractivity contribution in [1.82, 2.24) is 50.4 Å². The van der Waals surface area contributed by atoms with Crippen LogP contribution >= 0.6 is 0 Å². The number of aldehydes is 1. The zero-order valence-corrected chi connectivity index (χ0v) is 49.6. The second-order valence-corrected chi connectivity index (χ2v) is 18.1. The Morgan fingerprint density at radius 3 is 1.98 bits per heavy atom. The molecule has 3 aromatic rings. The van der Waals surface area contributed by atoms with Gasteiger partial charge in [0.25, 0.3) is 5.56 Å². The van der Waals surface area contributed by atoms with Crippen LogP contribution in [0.5, 0.6) is 5.75 Å². The van der Waals surface area contributed by atoms with Gasteiger partial charge in [-0.25, -0.2) is 4.98 Å². The number of nitrogens with zero attached hydrogens (tertiary/aromatic N) is 6. The Labute approximate surface area is 471 Å². The number of fused-ring (bicyclic) bond motifs is 4. The number of ether oxygens (including phenoxy) is 2. The highest BCUT2D eigenvalue weighted by Gasteiger charge is 2.30. The number of pyridine rings is 2. The Morgan fingerprint density at radius 1 is 0.800 bits per heavy atom. The van der Waals surface area contributed by atoms with Crippen molar-refractivity contribution < 1.29 is 57.7 Å². The van der Waals surface area contributed by atoms with Crippen LogP contribution in [-0.2, 0) is 67.5 Å². The van der Waals surface area contributed by atoms with E-state index in [9.17, 15) is 47.9 Å². The van der Waals surface area contributed by atoms with Gasteiger partial charge in [0.05, 0.1) is 75.1 Å². The number of hydrogen-bond acceptors (Lipinski definition) is 16. The van der Waals surface area contributed by atoms with Gasteiger partial charge in [0, 0.05) is 76.2 Å². The van der Waals surface area contributed by atoms with Crippen molar-refractivity contribution in [2.45, 2.75) is 120 Å². The largest absolute Gasteiger partial charge is 0.496 e. The molecule has 3 heterocycles. The number of para-hydroxylation sites is 1. The molecule has 1 aliphatic rings. The number of aliphatic carboxylic acids is 1. The number of nitrogens with one attached hydrogen (secondary N) is 4. The molecule has 0 bridgehead atoms. The molecule has 0 saturated carbocycles. The summed E-state index contributed by atoms with van der Waals surface area (Å²) in [5.41, 5.74) is 10.2. The van der Waals surface area contributed by atoms with E-state index in [4.69, 9.17) is 25.3 Å². The number of aryl methyl sites for hydroxylation is 1. The molecular weight excluding hydrogens is 1030 g/mol. The van der Waals surface area contributed by atoms with Crippen LogP contribution in [0.3, 0.4) is 0 Å². The smallest absolute Gasteiger partial charge is 0.303 e. The van der Waals surface area contributed by atoms with Crippen molar-refractivity contribution in [2.75, 3.05) is 100 Å². The highest BCUT2D eigenvalue weighted by Crippen LogP contribution is 2.37. The zero-order valence-electron chi connectivity index (χ0n) is 49.6. The van der Waals surface area contributed by atoms with Gasteiger partial charge in [-0.05, 0) is 45.6 Å². The summed E-state index contributed by atoms with van der Waals surface area (Å²) in [5.74, 6) is -4.44. The van der Waals surface area contributed by atoms with Crippen molar-refractivity contribution in [3.8, 4) is 17.1 Å². The molecule has 0 fully saturated rings. The minimum Gasteiger partial charge on any atom is -0.496 e. The number of carboxylic acids is 1. The molecule has 1 aliphatic heterocycles. The van der Waals surface area contributed by atoms with Gasteiger partial charge in [0.15, 0.2) is 0 Å². The number of nitrogens with two attached hydrogens (primary N) is 1. The average molecular weight is 1130 g/mol. The van der Waals surface area contributed by atoms with Crippen LogP contribution in [-0.4, -0.2) is 194 Å². The summed E-state index contributed by atoms with van der Waals surface area (Å²) >= 11 is 0. The van der Waals surface area contributed by atoms with E-state index >= 15 is 0 Å². The van der Waals surface area contributed by atoms with E-state index in [1.165, 1.54) is 30.9 Å². The summed E-state index contributed by atoms with van der Waals surface area (Å²) < 4.78 is 12.2. The van der Waals surface area contributed by atoms with Gasteiger partial charge >= 0.3 is 11.9 Å². The maximum absolute atomic E-state index is 13.1. The summed E-state index contributed by atoms with van der Waals surface area (Å²) in [4.78, 5) is 130. The fourth-order valence-electron chi connectivity index (χ4n) is 7.72. The van der Waals surface area contributed by atoms with E-state index in [0.717, 1.165) is 34.3 Å². The number of aromatic nitrogens is 2. The lowest BCUT2D eigenvalue weighted by molar-refractivity contribution is -0.142. The fourth-order valence-corrected chi connectivity index (χ4v) is 7.72. The van der Waals surface area contributed by atoms with Gasteiger partial charge < -0.3 is 65.6 Å². The van der Waals surface area contributed by atoms with Crippen molar-refractivity contribution in [2.24, 2.45) is 5.73 Å². The number of carboxylic acid groups (broad SMARTS) is 1. The standard InChI is InChI=1S/C28H51N9O9.C21H20N2O4.C3H8.2C2H6/c1-5-10-37(20-25(42)31-9-16-38)28(46)21(17-22(29)39)33-26(43)19-36(4)15-14-35(3)13-12-34(2)11-8-30-24(41)18-32-23(40)6-7-27(44)45;1-4-13-14-7-5-6-8-17(14)22-20-15(13)10-23-18(20)9-19(26-3)16(21(23)25)11-27-12(2)24;1-3-2;2*1-2/h16,21H,5-15,17-20H2,1-4H3,(H2,29,39)(H,30,41)(H,31,42)(H,32,40)(H,33,43)(H,44,45);5-9H,4,10-11H2,1-3H3;3H2,1-2H3;2*1-2H3. The number of methoxy groups -OCH3 is 1.